The summed E-state index contributed by atoms with van der Waals surface area (Å²) < 4.78 is 16.8. The second-order valence-corrected chi connectivity index (χ2v) is 6.25. The molecule has 1 atom stereocenters. The van der Waals surface area contributed by atoms with Gasteiger partial charge in [-0.15, -0.1) is 0 Å². The van der Waals surface area contributed by atoms with Crippen molar-refractivity contribution < 1.29 is 14.2 Å². The maximum atomic E-state index is 6.31. The van der Waals surface area contributed by atoms with E-state index in [0.717, 1.165) is 44.2 Å². The highest BCUT2D eigenvalue weighted by molar-refractivity contribution is 6.32. The zero-order chi connectivity index (χ0) is 14.0. The van der Waals surface area contributed by atoms with E-state index in [1.807, 2.05) is 18.2 Å². The van der Waals surface area contributed by atoms with E-state index < -0.39 is 0 Å². The molecular formula is C15H20ClNO3. The van der Waals surface area contributed by atoms with Gasteiger partial charge in [0.05, 0.1) is 37.6 Å². The number of ether oxygens (including phenoxy) is 3. The van der Waals surface area contributed by atoms with Crippen molar-refractivity contribution in [3.8, 4) is 5.75 Å². The lowest BCUT2D eigenvalue weighted by atomic mass is 9.90. The van der Waals surface area contributed by atoms with Crippen LogP contribution in [-0.4, -0.2) is 39.5 Å². The number of benzene rings is 1. The van der Waals surface area contributed by atoms with Crippen LogP contribution in [0.5, 0.6) is 5.75 Å². The number of hydrogen-bond acceptors (Lipinski definition) is 4. The summed E-state index contributed by atoms with van der Waals surface area (Å²) in [6.07, 6.45) is 0.0767. The van der Waals surface area contributed by atoms with Gasteiger partial charge in [-0.25, -0.2) is 0 Å². The van der Waals surface area contributed by atoms with E-state index in [4.69, 9.17) is 25.8 Å². The predicted molar refractivity (Wildman–Crippen MR) is 77.4 cm³/mol. The molecule has 20 heavy (non-hydrogen) atoms. The van der Waals surface area contributed by atoms with E-state index in [1.54, 1.807) is 0 Å². The average molecular weight is 298 g/mol. The molecule has 1 aromatic carbocycles. The van der Waals surface area contributed by atoms with E-state index in [2.05, 4.69) is 12.2 Å². The van der Waals surface area contributed by atoms with Crippen molar-refractivity contribution in [1.82, 2.24) is 5.32 Å². The van der Waals surface area contributed by atoms with E-state index in [-0.39, 0.29) is 11.5 Å². The van der Waals surface area contributed by atoms with Crippen LogP contribution in [0.2, 0.25) is 5.02 Å². The molecule has 0 bridgehead atoms. The van der Waals surface area contributed by atoms with Gasteiger partial charge in [0.25, 0.3) is 0 Å². The fourth-order valence-corrected chi connectivity index (χ4v) is 2.64. The third-order valence-corrected chi connectivity index (χ3v) is 4.03. The minimum Gasteiger partial charge on any atom is -0.491 e. The molecule has 5 heteroatoms. The normalized spacial score (nSPS) is 25.0. The lowest BCUT2D eigenvalue weighted by Gasteiger charge is -2.37. The Labute approximate surface area is 124 Å². The molecule has 1 aromatic rings. The highest BCUT2D eigenvalue weighted by Gasteiger charge is 2.34. The van der Waals surface area contributed by atoms with Crippen LogP contribution in [0.4, 0.5) is 0 Å². The van der Waals surface area contributed by atoms with E-state index in [1.165, 1.54) is 0 Å². The summed E-state index contributed by atoms with van der Waals surface area (Å²) in [5.74, 6) is 0.729. The van der Waals surface area contributed by atoms with Gasteiger partial charge in [-0.1, -0.05) is 24.6 Å². The Balaban J connectivity index is 1.64. The van der Waals surface area contributed by atoms with E-state index >= 15 is 0 Å². The third kappa shape index (κ3) is 3.09. The summed E-state index contributed by atoms with van der Waals surface area (Å²) in [6, 6.07) is 5.89. The first-order valence-corrected chi connectivity index (χ1v) is 7.36. The van der Waals surface area contributed by atoms with Gasteiger partial charge in [-0.3, -0.25) is 0 Å². The molecule has 1 N–H and O–H groups in total. The Hall–Kier alpha value is -0.810. The maximum absolute atomic E-state index is 6.31. The molecule has 0 aromatic heterocycles. The summed E-state index contributed by atoms with van der Waals surface area (Å²) >= 11 is 6.31. The summed E-state index contributed by atoms with van der Waals surface area (Å²) in [7, 11) is 0. The van der Waals surface area contributed by atoms with Crippen molar-refractivity contribution in [2.75, 3.05) is 39.5 Å². The second kappa shape index (κ2) is 5.90. The van der Waals surface area contributed by atoms with Crippen molar-refractivity contribution in [3.63, 3.8) is 0 Å². The molecular weight excluding hydrogens is 278 g/mol. The van der Waals surface area contributed by atoms with Gasteiger partial charge in [0.1, 0.15) is 5.75 Å². The van der Waals surface area contributed by atoms with Crippen LogP contribution in [0.15, 0.2) is 18.2 Å². The van der Waals surface area contributed by atoms with Crippen molar-refractivity contribution in [2.45, 2.75) is 13.0 Å². The topological polar surface area (TPSA) is 39.7 Å². The van der Waals surface area contributed by atoms with Crippen molar-refractivity contribution in [2.24, 2.45) is 5.41 Å². The highest BCUT2D eigenvalue weighted by atomic mass is 35.5. The summed E-state index contributed by atoms with van der Waals surface area (Å²) in [5.41, 5.74) is 1.21. The predicted octanol–water partition coefficient (Wildman–Crippen LogP) is 2.42. The van der Waals surface area contributed by atoms with E-state index in [0.29, 0.717) is 11.6 Å². The van der Waals surface area contributed by atoms with Gasteiger partial charge in [0, 0.05) is 18.5 Å². The lowest BCUT2D eigenvalue weighted by molar-refractivity contribution is -0.120. The Kier molecular flexibility index (Phi) is 4.17. The quantitative estimate of drug-likeness (QED) is 0.926. The SMILES string of the molecule is CC1(COc2ccc(C3CNCCO3)cc2Cl)COC1. The minimum absolute atomic E-state index is 0.0767. The first-order chi connectivity index (χ1) is 9.66. The molecule has 110 valence electrons. The van der Waals surface area contributed by atoms with Crippen LogP contribution in [0.1, 0.15) is 18.6 Å². The first kappa shape index (κ1) is 14.1. The molecule has 3 rings (SSSR count). The van der Waals surface area contributed by atoms with Crippen molar-refractivity contribution in [3.05, 3.63) is 28.8 Å². The fourth-order valence-electron chi connectivity index (χ4n) is 2.40. The number of nitrogens with one attached hydrogen (secondary N) is 1. The first-order valence-electron chi connectivity index (χ1n) is 6.99. The van der Waals surface area contributed by atoms with Crippen molar-refractivity contribution in [1.29, 1.82) is 0 Å². The molecule has 0 radical (unpaired) electrons. The summed E-state index contributed by atoms with van der Waals surface area (Å²) in [4.78, 5) is 0. The molecule has 0 amide bonds. The highest BCUT2D eigenvalue weighted by Crippen LogP contribution is 2.32. The maximum Gasteiger partial charge on any atom is 0.137 e. The Bertz CT molecular complexity index is 470. The molecule has 1 unspecified atom stereocenters. The van der Waals surface area contributed by atoms with Crippen LogP contribution >= 0.6 is 11.6 Å². The second-order valence-electron chi connectivity index (χ2n) is 5.85. The van der Waals surface area contributed by atoms with Gasteiger partial charge < -0.3 is 19.5 Å². The summed E-state index contributed by atoms with van der Waals surface area (Å²) in [5, 5.41) is 3.95. The number of hydrogen-bond donors (Lipinski definition) is 1. The Morgan fingerprint density at radius 2 is 2.30 bits per heavy atom. The van der Waals surface area contributed by atoms with Gasteiger partial charge in [0.15, 0.2) is 0 Å². The standard InChI is InChI=1S/C15H20ClNO3/c1-15(8-18-9-15)10-20-13-3-2-11(6-12(13)16)14-7-17-4-5-19-14/h2-3,6,14,17H,4-5,7-10H2,1H3. The molecule has 2 fully saturated rings. The number of morpholine rings is 1. The Morgan fingerprint density at radius 1 is 1.45 bits per heavy atom. The molecule has 2 heterocycles. The zero-order valence-corrected chi connectivity index (χ0v) is 12.4. The van der Waals surface area contributed by atoms with Crippen LogP contribution in [0.3, 0.4) is 0 Å². The fraction of sp³-hybridized carbons (Fsp3) is 0.600. The average Bonchev–Trinajstić information content (AvgIpc) is 2.45. The van der Waals surface area contributed by atoms with Gasteiger partial charge in [-0.2, -0.15) is 0 Å². The number of halogens is 1. The van der Waals surface area contributed by atoms with Crippen LogP contribution < -0.4 is 10.1 Å². The zero-order valence-electron chi connectivity index (χ0n) is 11.7. The van der Waals surface area contributed by atoms with Gasteiger partial charge in [0.2, 0.25) is 0 Å². The summed E-state index contributed by atoms with van der Waals surface area (Å²) in [6.45, 7) is 6.76. The Morgan fingerprint density at radius 3 is 2.90 bits per heavy atom. The molecule has 2 aliphatic heterocycles. The molecule has 4 nitrogen and oxygen atoms in total. The van der Waals surface area contributed by atoms with Crippen LogP contribution in [0, 0.1) is 5.41 Å². The van der Waals surface area contributed by atoms with Gasteiger partial charge in [-0.05, 0) is 17.7 Å². The van der Waals surface area contributed by atoms with Gasteiger partial charge >= 0.3 is 0 Å². The van der Waals surface area contributed by atoms with Crippen LogP contribution in [-0.2, 0) is 9.47 Å². The minimum atomic E-state index is 0.0767. The third-order valence-electron chi connectivity index (χ3n) is 3.73. The lowest BCUT2D eigenvalue weighted by Crippen LogP contribution is -2.44. The number of rotatable bonds is 4. The van der Waals surface area contributed by atoms with Crippen LogP contribution in [0.25, 0.3) is 0 Å². The van der Waals surface area contributed by atoms with E-state index in [9.17, 15) is 0 Å². The smallest absolute Gasteiger partial charge is 0.137 e. The largest absolute Gasteiger partial charge is 0.491 e. The van der Waals surface area contributed by atoms with Crippen molar-refractivity contribution >= 4 is 11.6 Å². The molecule has 2 saturated heterocycles. The monoisotopic (exact) mass is 297 g/mol. The molecule has 2 aliphatic rings. The molecule has 0 saturated carbocycles. The molecule has 0 spiro atoms. The molecule has 0 aliphatic carbocycles.